The van der Waals surface area contributed by atoms with Crippen molar-refractivity contribution in [1.82, 2.24) is 25.3 Å². The molecule has 0 aliphatic carbocycles. The predicted molar refractivity (Wildman–Crippen MR) is 296 cm³/mol. The topological polar surface area (TPSA) is 121 Å². The summed E-state index contributed by atoms with van der Waals surface area (Å²) in [6.45, 7) is 29.9. The molecular weight excluding hydrogens is 875 g/mol. The fourth-order valence-corrected chi connectivity index (χ4v) is 10.1. The number of hydrogen-bond acceptors (Lipinski definition) is 8. The van der Waals surface area contributed by atoms with E-state index in [1.807, 2.05) is 18.7 Å². The Morgan fingerprint density at radius 1 is 0.429 bits per heavy atom. The Balaban J connectivity index is 4.98. The van der Waals surface area contributed by atoms with Crippen LogP contribution in [0.1, 0.15) is 243 Å². The number of amides is 3. The van der Waals surface area contributed by atoms with E-state index in [1.165, 1.54) is 116 Å². The van der Waals surface area contributed by atoms with Crippen LogP contribution in [0.2, 0.25) is 0 Å². The highest BCUT2D eigenvalue weighted by molar-refractivity contribution is 5.89. The maximum atomic E-state index is 13.9. The molecule has 0 rings (SSSR count). The molecule has 11 nitrogen and oxygen atoms in total. The van der Waals surface area contributed by atoms with E-state index in [0.29, 0.717) is 58.9 Å². The maximum absolute atomic E-state index is 13.9. The Kier molecular flexibility index (Phi) is 46.5. The fourth-order valence-electron chi connectivity index (χ4n) is 10.1. The van der Waals surface area contributed by atoms with E-state index in [0.717, 1.165) is 84.2 Å². The lowest BCUT2D eigenvalue weighted by Gasteiger charge is -2.34. The van der Waals surface area contributed by atoms with Crippen LogP contribution in [0.25, 0.3) is 0 Å². The number of ether oxygens (including phenoxy) is 2. The minimum absolute atomic E-state index is 0.0245. The predicted octanol–water partition coefficient (Wildman–Crippen LogP) is 12.8. The number of hydrogen-bond donors (Lipinski definition) is 2. The Labute approximate surface area is 433 Å². The van der Waals surface area contributed by atoms with Gasteiger partial charge < -0.3 is 34.8 Å². The van der Waals surface area contributed by atoms with E-state index in [1.54, 1.807) is 0 Å². The van der Waals surface area contributed by atoms with E-state index in [9.17, 15) is 19.2 Å². The number of carbonyl (C=O) groups is 4. The van der Waals surface area contributed by atoms with Crippen LogP contribution in [0.4, 0.5) is 0 Å². The van der Waals surface area contributed by atoms with Gasteiger partial charge in [-0.2, -0.15) is 0 Å². The first-order valence-electron chi connectivity index (χ1n) is 29.9. The maximum Gasteiger partial charge on any atom is 0.243 e. The van der Waals surface area contributed by atoms with Gasteiger partial charge in [0.25, 0.3) is 0 Å². The fraction of sp³-hybridized carbons (Fsp3) is 0.932. The van der Waals surface area contributed by atoms with Gasteiger partial charge in [0.2, 0.25) is 17.7 Å². The summed E-state index contributed by atoms with van der Waals surface area (Å²) in [6.07, 6.45) is 30.9. The van der Waals surface area contributed by atoms with Gasteiger partial charge in [0.15, 0.2) is 0 Å². The third-order valence-electron chi connectivity index (χ3n) is 14.6. The molecule has 3 unspecified atom stereocenters. The minimum Gasteiger partial charge on any atom is -0.377 e. The highest BCUT2D eigenvalue weighted by Gasteiger charge is 2.35. The number of rotatable bonds is 52. The van der Waals surface area contributed by atoms with Crippen LogP contribution in [0, 0.1) is 23.7 Å². The summed E-state index contributed by atoms with van der Waals surface area (Å²) in [6, 6.07) is -0.527. The van der Waals surface area contributed by atoms with E-state index in [-0.39, 0.29) is 47.2 Å². The van der Waals surface area contributed by atoms with Crippen molar-refractivity contribution in [2.75, 3.05) is 85.3 Å². The molecule has 0 saturated carbocycles. The number of nitrogens with zero attached hydrogens (tertiary/aromatic N) is 3. The van der Waals surface area contributed by atoms with Crippen LogP contribution < -0.4 is 10.6 Å². The third-order valence-corrected chi connectivity index (χ3v) is 14.6. The van der Waals surface area contributed by atoms with Crippen molar-refractivity contribution in [1.29, 1.82) is 0 Å². The van der Waals surface area contributed by atoms with Crippen LogP contribution in [-0.2, 0) is 28.7 Å². The molecule has 0 aromatic carbocycles. The van der Waals surface area contributed by atoms with Crippen LogP contribution in [0.3, 0.4) is 0 Å². The average Bonchev–Trinajstić information content (AvgIpc) is 3.34. The molecule has 0 aliphatic rings. The van der Waals surface area contributed by atoms with Crippen molar-refractivity contribution in [3.05, 3.63) is 0 Å². The van der Waals surface area contributed by atoms with E-state index in [2.05, 4.69) is 75.8 Å². The zero-order valence-corrected chi connectivity index (χ0v) is 48.0. The van der Waals surface area contributed by atoms with Crippen LogP contribution in [0.5, 0.6) is 0 Å². The molecule has 0 fully saturated rings. The molecule has 2 N–H and O–H groups in total. The molecule has 0 heterocycles. The first kappa shape index (κ1) is 67.9. The van der Waals surface area contributed by atoms with Crippen molar-refractivity contribution in [3.8, 4) is 0 Å². The first-order chi connectivity index (χ1) is 33.9. The van der Waals surface area contributed by atoms with Gasteiger partial charge in [-0.15, -0.1) is 0 Å². The zero-order valence-electron chi connectivity index (χ0n) is 48.0. The molecule has 3 amide bonds. The molecule has 0 aliphatic heterocycles. The summed E-state index contributed by atoms with van der Waals surface area (Å²) in [5.74, 6) is -0.453. The average molecular weight is 993 g/mol. The van der Waals surface area contributed by atoms with Gasteiger partial charge in [-0.3, -0.25) is 19.2 Å². The van der Waals surface area contributed by atoms with Gasteiger partial charge in [0.1, 0.15) is 11.8 Å². The van der Waals surface area contributed by atoms with Gasteiger partial charge in [-0.1, -0.05) is 198 Å². The molecule has 0 aromatic rings. The Hall–Kier alpha value is -2.08. The summed E-state index contributed by atoms with van der Waals surface area (Å²) >= 11 is 0. The Bertz CT molecular complexity index is 1140. The minimum atomic E-state index is -0.527. The summed E-state index contributed by atoms with van der Waals surface area (Å²) in [5.41, 5.74) is 0. The second-order valence-corrected chi connectivity index (χ2v) is 21.0. The lowest BCUT2D eigenvalue weighted by molar-refractivity contribution is -0.142. The lowest BCUT2D eigenvalue weighted by Crippen LogP contribution is -2.53. The Morgan fingerprint density at radius 2 is 0.829 bits per heavy atom. The molecule has 414 valence electrons. The van der Waals surface area contributed by atoms with E-state index < -0.39 is 6.04 Å². The van der Waals surface area contributed by atoms with Gasteiger partial charge in [0.05, 0.1) is 26.4 Å². The molecule has 70 heavy (non-hydrogen) atoms. The quantitative estimate of drug-likeness (QED) is 0.0578. The SMILES string of the molecule is CCCCCCCCCCCCCC(=O)C(CCCN(CC)CC)C(C(=O)NCCOCCOCCNC(=O)C(C(C)C)N(CCCN(CC)CC)C(=O)CCCCCCCCCCCCC)C(C)C. The lowest BCUT2D eigenvalue weighted by atomic mass is 9.76. The summed E-state index contributed by atoms with van der Waals surface area (Å²) in [5, 5.41) is 6.17. The second kappa shape index (κ2) is 47.9. The second-order valence-electron chi connectivity index (χ2n) is 21.0. The summed E-state index contributed by atoms with van der Waals surface area (Å²) < 4.78 is 11.7. The van der Waals surface area contributed by atoms with Crippen molar-refractivity contribution in [2.24, 2.45) is 23.7 Å². The molecule has 0 aromatic heterocycles. The van der Waals surface area contributed by atoms with Crippen LogP contribution >= 0.6 is 0 Å². The normalized spacial score (nSPS) is 13.1. The molecule has 0 saturated heterocycles. The van der Waals surface area contributed by atoms with Crippen molar-refractivity contribution >= 4 is 23.5 Å². The zero-order chi connectivity index (χ0) is 52.0. The Morgan fingerprint density at radius 3 is 1.24 bits per heavy atom. The monoisotopic (exact) mass is 992 g/mol. The molecule has 11 heteroatoms. The molecule has 0 bridgehead atoms. The van der Waals surface area contributed by atoms with E-state index >= 15 is 0 Å². The largest absolute Gasteiger partial charge is 0.377 e. The van der Waals surface area contributed by atoms with Crippen LogP contribution in [0.15, 0.2) is 0 Å². The van der Waals surface area contributed by atoms with E-state index in [4.69, 9.17) is 9.47 Å². The van der Waals surface area contributed by atoms with Crippen molar-refractivity contribution in [2.45, 2.75) is 249 Å². The number of Topliss-reactive ketones (excluding diaryl/α,β-unsaturated/α-hetero) is 1. The molecular formula is C59H117N5O6. The number of unbranched alkanes of at least 4 members (excludes halogenated alkanes) is 20. The van der Waals surface area contributed by atoms with Gasteiger partial charge in [-0.05, 0) is 83.2 Å². The third kappa shape index (κ3) is 35.1. The summed E-state index contributed by atoms with van der Waals surface area (Å²) in [7, 11) is 0. The molecule has 0 radical (unpaired) electrons. The van der Waals surface area contributed by atoms with Gasteiger partial charge >= 0.3 is 0 Å². The molecule has 3 atom stereocenters. The van der Waals surface area contributed by atoms with Crippen LogP contribution in [-0.4, -0.2) is 130 Å². The van der Waals surface area contributed by atoms with Crippen molar-refractivity contribution < 1.29 is 28.7 Å². The number of nitrogens with one attached hydrogen (secondary N) is 2. The van der Waals surface area contributed by atoms with Crippen molar-refractivity contribution in [3.63, 3.8) is 0 Å². The van der Waals surface area contributed by atoms with Gasteiger partial charge in [0, 0.05) is 44.3 Å². The van der Waals surface area contributed by atoms with Gasteiger partial charge in [-0.25, -0.2) is 0 Å². The highest BCUT2D eigenvalue weighted by atomic mass is 16.5. The molecule has 0 spiro atoms. The summed E-state index contributed by atoms with van der Waals surface area (Å²) in [4.78, 5) is 61.7. The smallest absolute Gasteiger partial charge is 0.243 e. The standard InChI is InChI=1S/C59H117N5O6/c1-11-17-19-21-23-25-27-29-31-33-35-40-54(65)53(39-37-44-62(13-3)14-4)56(51(7)8)58(67)60-42-47-69-49-50-70-48-43-61-59(68)57(52(9)10)64(46-38-45-63(15-5)16-6)55(66)41-36-34-32-30-28-26-24-22-20-18-12-2/h51-53,56-57H,11-50H2,1-10H3,(H,60,67)(H,61,68). The number of ketones is 1. The number of carbonyl (C=O) groups excluding carboxylic acids is 4. The highest BCUT2D eigenvalue weighted by Crippen LogP contribution is 2.29. The first-order valence-corrected chi connectivity index (χ1v) is 29.9.